The number of benzene rings is 1. The summed E-state index contributed by atoms with van der Waals surface area (Å²) >= 11 is 1.71. The van der Waals surface area contributed by atoms with Gasteiger partial charge in [-0.3, -0.25) is 0 Å². The number of nitrogen functional groups attached to an aromatic ring is 1. The van der Waals surface area contributed by atoms with Crippen LogP contribution >= 0.6 is 11.3 Å². The van der Waals surface area contributed by atoms with E-state index in [4.69, 9.17) is 5.73 Å². The van der Waals surface area contributed by atoms with Crippen molar-refractivity contribution in [2.45, 2.75) is 26.7 Å². The van der Waals surface area contributed by atoms with E-state index in [0.717, 1.165) is 5.69 Å². The van der Waals surface area contributed by atoms with E-state index in [1.165, 1.54) is 21.6 Å². The molecule has 0 unspecified atom stereocenters. The van der Waals surface area contributed by atoms with Crippen LogP contribution in [0.4, 0.5) is 5.69 Å². The van der Waals surface area contributed by atoms with Crippen molar-refractivity contribution in [2.75, 3.05) is 5.73 Å². The van der Waals surface area contributed by atoms with Crippen molar-refractivity contribution < 1.29 is 0 Å². The highest BCUT2D eigenvalue weighted by Crippen LogP contribution is 2.34. The summed E-state index contributed by atoms with van der Waals surface area (Å²) in [6, 6.07) is 8.72. The predicted octanol–water partition coefficient (Wildman–Crippen LogP) is 4.43. The lowest BCUT2D eigenvalue weighted by Gasteiger charge is -2.07. The van der Waals surface area contributed by atoms with Crippen LogP contribution in [-0.2, 0) is 0 Å². The van der Waals surface area contributed by atoms with Gasteiger partial charge >= 0.3 is 0 Å². The number of thiophene rings is 1. The molecule has 1 aromatic heterocycles. The Morgan fingerprint density at radius 2 is 1.75 bits per heavy atom. The zero-order valence-corrected chi connectivity index (χ0v) is 10.8. The van der Waals surface area contributed by atoms with Crippen molar-refractivity contribution >= 4 is 17.0 Å². The molecule has 0 amide bonds. The summed E-state index contributed by atoms with van der Waals surface area (Å²) in [7, 11) is 0. The Kier molecular flexibility index (Phi) is 3.01. The standard InChI is InChI=1S/C14H17NS/c1-9(2)11-4-6-12(7-5-11)14-10(3)16-8-13(14)15/h4-9H,15H2,1-3H3. The van der Waals surface area contributed by atoms with E-state index < -0.39 is 0 Å². The van der Waals surface area contributed by atoms with E-state index in [-0.39, 0.29) is 0 Å². The van der Waals surface area contributed by atoms with Crippen molar-refractivity contribution in [3.63, 3.8) is 0 Å². The first-order valence-corrected chi connectivity index (χ1v) is 6.41. The Hall–Kier alpha value is -1.28. The SMILES string of the molecule is Cc1scc(N)c1-c1ccc(C(C)C)cc1. The van der Waals surface area contributed by atoms with Gasteiger partial charge in [-0.05, 0) is 24.0 Å². The average molecular weight is 231 g/mol. The molecule has 1 heterocycles. The first kappa shape index (κ1) is 11.2. The van der Waals surface area contributed by atoms with Crippen molar-refractivity contribution in [3.05, 3.63) is 40.1 Å². The first-order valence-electron chi connectivity index (χ1n) is 5.53. The molecule has 0 fully saturated rings. The predicted molar refractivity (Wildman–Crippen MR) is 73.0 cm³/mol. The van der Waals surface area contributed by atoms with E-state index in [1.54, 1.807) is 11.3 Å². The summed E-state index contributed by atoms with van der Waals surface area (Å²) in [6.07, 6.45) is 0. The lowest BCUT2D eigenvalue weighted by Crippen LogP contribution is -1.89. The van der Waals surface area contributed by atoms with Gasteiger partial charge in [0.15, 0.2) is 0 Å². The highest BCUT2D eigenvalue weighted by Gasteiger charge is 2.08. The van der Waals surface area contributed by atoms with Gasteiger partial charge in [-0.1, -0.05) is 38.1 Å². The highest BCUT2D eigenvalue weighted by molar-refractivity contribution is 7.11. The number of hydrogen-bond acceptors (Lipinski definition) is 2. The third-order valence-electron chi connectivity index (χ3n) is 2.87. The van der Waals surface area contributed by atoms with Gasteiger partial charge in [0.25, 0.3) is 0 Å². The molecule has 0 aliphatic carbocycles. The van der Waals surface area contributed by atoms with E-state index in [2.05, 4.69) is 45.0 Å². The summed E-state index contributed by atoms with van der Waals surface area (Å²) in [5.74, 6) is 0.579. The largest absolute Gasteiger partial charge is 0.398 e. The Bertz CT molecular complexity index is 460. The van der Waals surface area contributed by atoms with Crippen molar-refractivity contribution in [1.29, 1.82) is 0 Å². The lowest BCUT2D eigenvalue weighted by molar-refractivity contribution is 0.867. The summed E-state index contributed by atoms with van der Waals surface area (Å²) in [4.78, 5) is 1.29. The molecule has 0 aliphatic rings. The fourth-order valence-corrected chi connectivity index (χ4v) is 2.65. The molecule has 0 radical (unpaired) electrons. The smallest absolute Gasteiger partial charge is 0.0505 e. The second-order valence-corrected chi connectivity index (χ2v) is 5.48. The van der Waals surface area contributed by atoms with Gasteiger partial charge in [0.1, 0.15) is 0 Å². The third kappa shape index (κ3) is 1.98. The van der Waals surface area contributed by atoms with Crippen LogP contribution in [0, 0.1) is 6.92 Å². The monoisotopic (exact) mass is 231 g/mol. The molecule has 2 heteroatoms. The van der Waals surface area contributed by atoms with Crippen LogP contribution < -0.4 is 5.73 Å². The molecule has 1 aromatic carbocycles. The summed E-state index contributed by atoms with van der Waals surface area (Å²) < 4.78 is 0. The van der Waals surface area contributed by atoms with Gasteiger partial charge in [-0.25, -0.2) is 0 Å². The fraction of sp³-hybridized carbons (Fsp3) is 0.286. The Morgan fingerprint density at radius 1 is 1.12 bits per heavy atom. The number of aryl methyl sites for hydroxylation is 1. The van der Waals surface area contributed by atoms with Crippen LogP contribution in [-0.4, -0.2) is 0 Å². The van der Waals surface area contributed by atoms with Crippen LogP contribution in [0.3, 0.4) is 0 Å². The maximum absolute atomic E-state index is 5.98. The second kappa shape index (κ2) is 4.30. The summed E-state index contributed by atoms with van der Waals surface area (Å²) in [5, 5.41) is 2.01. The zero-order chi connectivity index (χ0) is 11.7. The minimum absolute atomic E-state index is 0.579. The molecule has 1 nitrogen and oxygen atoms in total. The zero-order valence-electron chi connectivity index (χ0n) is 9.95. The molecule has 2 rings (SSSR count). The van der Waals surface area contributed by atoms with E-state index in [9.17, 15) is 0 Å². The molecule has 2 N–H and O–H groups in total. The summed E-state index contributed by atoms with van der Waals surface area (Å²) in [6.45, 7) is 6.53. The maximum Gasteiger partial charge on any atom is 0.0505 e. The van der Waals surface area contributed by atoms with E-state index in [1.807, 2.05) is 5.38 Å². The molecular weight excluding hydrogens is 214 g/mol. The molecule has 0 bridgehead atoms. The molecule has 16 heavy (non-hydrogen) atoms. The second-order valence-electron chi connectivity index (χ2n) is 4.40. The van der Waals surface area contributed by atoms with Crippen LogP contribution in [0.25, 0.3) is 11.1 Å². The molecule has 0 aliphatic heterocycles. The van der Waals surface area contributed by atoms with Gasteiger partial charge in [0.2, 0.25) is 0 Å². The minimum Gasteiger partial charge on any atom is -0.398 e. The van der Waals surface area contributed by atoms with Crippen molar-refractivity contribution in [1.82, 2.24) is 0 Å². The minimum atomic E-state index is 0.579. The molecule has 0 atom stereocenters. The Labute approximate surface area is 101 Å². The molecule has 2 aromatic rings. The lowest BCUT2D eigenvalue weighted by atomic mass is 9.99. The van der Waals surface area contributed by atoms with Gasteiger partial charge < -0.3 is 5.73 Å². The summed E-state index contributed by atoms with van der Waals surface area (Å²) in [5.41, 5.74) is 10.7. The number of anilines is 1. The molecule has 0 saturated heterocycles. The molecular formula is C14H17NS. The number of rotatable bonds is 2. The molecule has 0 saturated carbocycles. The highest BCUT2D eigenvalue weighted by atomic mass is 32.1. The Balaban J connectivity index is 2.42. The van der Waals surface area contributed by atoms with Gasteiger partial charge in [-0.15, -0.1) is 11.3 Å². The number of nitrogens with two attached hydrogens (primary N) is 1. The normalized spacial score (nSPS) is 11.0. The van der Waals surface area contributed by atoms with Crippen molar-refractivity contribution in [3.8, 4) is 11.1 Å². The topological polar surface area (TPSA) is 26.0 Å². The number of hydrogen-bond donors (Lipinski definition) is 1. The van der Waals surface area contributed by atoms with Crippen LogP contribution in [0.1, 0.15) is 30.2 Å². The van der Waals surface area contributed by atoms with Crippen LogP contribution in [0.5, 0.6) is 0 Å². The quantitative estimate of drug-likeness (QED) is 0.813. The van der Waals surface area contributed by atoms with Crippen molar-refractivity contribution in [2.24, 2.45) is 0 Å². The fourth-order valence-electron chi connectivity index (χ4n) is 1.88. The Morgan fingerprint density at radius 3 is 2.19 bits per heavy atom. The first-order chi connectivity index (χ1) is 7.59. The van der Waals surface area contributed by atoms with Crippen LogP contribution in [0.15, 0.2) is 29.6 Å². The van der Waals surface area contributed by atoms with E-state index in [0.29, 0.717) is 5.92 Å². The van der Waals surface area contributed by atoms with Crippen LogP contribution in [0.2, 0.25) is 0 Å². The van der Waals surface area contributed by atoms with Gasteiger partial charge in [0, 0.05) is 15.8 Å². The van der Waals surface area contributed by atoms with E-state index >= 15 is 0 Å². The van der Waals surface area contributed by atoms with Gasteiger partial charge in [0.05, 0.1) is 5.69 Å². The maximum atomic E-state index is 5.98. The third-order valence-corrected chi connectivity index (χ3v) is 3.80. The molecule has 0 spiro atoms. The van der Waals surface area contributed by atoms with Gasteiger partial charge in [-0.2, -0.15) is 0 Å². The molecule has 84 valence electrons. The average Bonchev–Trinajstić information content (AvgIpc) is 2.59.